The van der Waals surface area contributed by atoms with E-state index in [2.05, 4.69) is 0 Å². The van der Waals surface area contributed by atoms with Gasteiger partial charge in [0.1, 0.15) is 17.2 Å². The number of carbonyl (C=O) groups is 3. The lowest BCUT2D eigenvalue weighted by Crippen LogP contribution is -2.46. The number of hydrogen-bond donors (Lipinski definition) is 1. The van der Waals surface area contributed by atoms with Crippen molar-refractivity contribution in [3.63, 3.8) is 0 Å². The summed E-state index contributed by atoms with van der Waals surface area (Å²) in [6, 6.07) is -1.04. The van der Waals surface area contributed by atoms with Crippen molar-refractivity contribution < 1.29 is 33.7 Å². The third kappa shape index (κ3) is 6.82. The average molecular weight is 373 g/mol. The van der Waals surface area contributed by atoms with Crippen LogP contribution in [0.2, 0.25) is 0 Å². The third-order valence-electron chi connectivity index (χ3n) is 3.50. The molecule has 8 nitrogen and oxygen atoms in total. The summed E-state index contributed by atoms with van der Waals surface area (Å²) in [4.78, 5) is 38.0. The minimum absolute atomic E-state index is 0.125. The Bertz CT molecular complexity index is 509. The molecule has 1 saturated heterocycles. The number of β-amino-alcohol motifs (C(OH)–C–C–N with tert-alkyl or cyclic N) is 1. The lowest BCUT2D eigenvalue weighted by molar-refractivity contribution is -0.160. The van der Waals surface area contributed by atoms with Crippen molar-refractivity contribution in [3.8, 4) is 0 Å². The van der Waals surface area contributed by atoms with Crippen molar-refractivity contribution in [1.82, 2.24) is 4.90 Å². The molecular formula is C18H31NO7. The molecule has 0 spiro atoms. The van der Waals surface area contributed by atoms with Crippen LogP contribution in [0.4, 0.5) is 4.79 Å². The molecule has 1 unspecified atom stereocenters. The molecule has 1 fully saturated rings. The SMILES string of the molecule is CCOC(=O)CC1(O)C[C@@H](C(=O)OC(C)(C)C)N(C(=O)OC(C)(C)C)C1. The lowest BCUT2D eigenvalue weighted by Gasteiger charge is -2.29. The van der Waals surface area contributed by atoms with Gasteiger partial charge in [-0.25, -0.2) is 9.59 Å². The minimum Gasteiger partial charge on any atom is -0.466 e. The molecule has 26 heavy (non-hydrogen) atoms. The summed E-state index contributed by atoms with van der Waals surface area (Å²) in [5, 5.41) is 10.8. The monoisotopic (exact) mass is 373 g/mol. The van der Waals surface area contributed by atoms with Crippen molar-refractivity contribution in [2.24, 2.45) is 0 Å². The second kappa shape index (κ2) is 7.82. The van der Waals surface area contributed by atoms with Crippen molar-refractivity contribution in [1.29, 1.82) is 0 Å². The fraction of sp³-hybridized carbons (Fsp3) is 0.833. The second-order valence-corrected chi connectivity index (χ2v) is 8.57. The van der Waals surface area contributed by atoms with Gasteiger partial charge < -0.3 is 19.3 Å². The number of ether oxygens (including phenoxy) is 3. The summed E-state index contributed by atoms with van der Waals surface area (Å²) in [6.45, 7) is 11.9. The van der Waals surface area contributed by atoms with Gasteiger partial charge in [-0.05, 0) is 48.5 Å². The summed E-state index contributed by atoms with van der Waals surface area (Å²) < 4.78 is 15.6. The van der Waals surface area contributed by atoms with E-state index in [1.165, 1.54) is 0 Å². The number of aliphatic hydroxyl groups is 1. The van der Waals surface area contributed by atoms with E-state index < -0.39 is 40.9 Å². The van der Waals surface area contributed by atoms with Gasteiger partial charge in [0.05, 0.1) is 25.2 Å². The highest BCUT2D eigenvalue weighted by molar-refractivity contribution is 5.83. The molecule has 2 atom stereocenters. The van der Waals surface area contributed by atoms with Crippen LogP contribution in [0.1, 0.15) is 61.3 Å². The Kier molecular flexibility index (Phi) is 6.68. The van der Waals surface area contributed by atoms with Gasteiger partial charge in [0, 0.05) is 6.42 Å². The molecule has 0 saturated carbocycles. The minimum atomic E-state index is -1.58. The highest BCUT2D eigenvalue weighted by Gasteiger charge is 2.51. The van der Waals surface area contributed by atoms with E-state index >= 15 is 0 Å². The fourth-order valence-electron chi connectivity index (χ4n) is 2.66. The lowest BCUT2D eigenvalue weighted by atomic mass is 9.96. The molecule has 0 bridgehead atoms. The molecule has 1 N–H and O–H groups in total. The van der Waals surface area contributed by atoms with Crippen LogP contribution < -0.4 is 0 Å². The number of nitrogens with zero attached hydrogens (tertiary/aromatic N) is 1. The van der Waals surface area contributed by atoms with Crippen LogP contribution >= 0.6 is 0 Å². The maximum atomic E-state index is 12.5. The standard InChI is InChI=1S/C18H31NO7/c1-8-24-13(20)10-18(23)9-12(14(21)25-16(2,3)4)19(11-18)15(22)26-17(5,6)7/h12,23H,8-11H2,1-7H3/t12-,18?/m0/s1. The Morgan fingerprint density at radius 1 is 1.08 bits per heavy atom. The molecule has 1 aliphatic heterocycles. The molecule has 150 valence electrons. The maximum absolute atomic E-state index is 12.5. The van der Waals surface area contributed by atoms with Gasteiger partial charge in [-0.3, -0.25) is 9.69 Å². The van der Waals surface area contributed by atoms with E-state index in [9.17, 15) is 19.5 Å². The van der Waals surface area contributed by atoms with Crippen LogP contribution in [0.25, 0.3) is 0 Å². The summed E-state index contributed by atoms with van der Waals surface area (Å²) in [7, 11) is 0. The summed E-state index contributed by atoms with van der Waals surface area (Å²) in [6.07, 6.45) is -1.19. The first-order chi connectivity index (χ1) is 11.7. The Morgan fingerprint density at radius 3 is 2.08 bits per heavy atom. The number of carbonyl (C=O) groups excluding carboxylic acids is 3. The smallest absolute Gasteiger partial charge is 0.411 e. The Hall–Kier alpha value is -1.83. The molecule has 8 heteroatoms. The van der Waals surface area contributed by atoms with E-state index in [0.29, 0.717) is 0 Å². The van der Waals surface area contributed by atoms with Crippen LogP contribution in [-0.2, 0) is 23.8 Å². The van der Waals surface area contributed by atoms with Crippen molar-refractivity contribution in [2.45, 2.75) is 84.2 Å². The maximum Gasteiger partial charge on any atom is 0.411 e. The summed E-state index contributed by atoms with van der Waals surface area (Å²) >= 11 is 0. The molecule has 0 aromatic carbocycles. The molecule has 1 amide bonds. The summed E-state index contributed by atoms with van der Waals surface area (Å²) in [5.41, 5.74) is -3.10. The van der Waals surface area contributed by atoms with Gasteiger partial charge in [0.15, 0.2) is 0 Å². The number of amides is 1. The Morgan fingerprint density at radius 2 is 1.62 bits per heavy atom. The molecular weight excluding hydrogens is 342 g/mol. The van der Waals surface area contributed by atoms with E-state index in [-0.39, 0.29) is 26.0 Å². The summed E-state index contributed by atoms with van der Waals surface area (Å²) in [5.74, 6) is -1.24. The topological polar surface area (TPSA) is 102 Å². The fourth-order valence-corrected chi connectivity index (χ4v) is 2.66. The van der Waals surface area contributed by atoms with Crippen LogP contribution in [0.15, 0.2) is 0 Å². The Labute approximate surface area is 154 Å². The van der Waals surface area contributed by atoms with E-state index in [1.54, 1.807) is 48.5 Å². The number of rotatable bonds is 4. The number of hydrogen-bond acceptors (Lipinski definition) is 7. The molecule has 1 aliphatic rings. The normalized spacial score (nSPS) is 23.5. The zero-order valence-corrected chi connectivity index (χ0v) is 16.7. The predicted octanol–water partition coefficient (Wildman–Crippen LogP) is 2.02. The van der Waals surface area contributed by atoms with Gasteiger partial charge in [0.2, 0.25) is 0 Å². The zero-order valence-electron chi connectivity index (χ0n) is 16.7. The molecule has 0 radical (unpaired) electrons. The molecule has 0 aromatic rings. The van der Waals surface area contributed by atoms with Crippen molar-refractivity contribution >= 4 is 18.0 Å². The first-order valence-electron chi connectivity index (χ1n) is 8.76. The van der Waals surface area contributed by atoms with Gasteiger partial charge in [-0.2, -0.15) is 0 Å². The van der Waals surface area contributed by atoms with Gasteiger partial charge >= 0.3 is 18.0 Å². The van der Waals surface area contributed by atoms with E-state index in [4.69, 9.17) is 14.2 Å². The first-order valence-corrected chi connectivity index (χ1v) is 8.76. The molecule has 0 aliphatic carbocycles. The van der Waals surface area contributed by atoms with Gasteiger partial charge in [-0.1, -0.05) is 0 Å². The predicted molar refractivity (Wildman–Crippen MR) is 93.4 cm³/mol. The molecule has 0 aromatic heterocycles. The van der Waals surface area contributed by atoms with E-state index in [1.807, 2.05) is 0 Å². The highest BCUT2D eigenvalue weighted by atomic mass is 16.6. The van der Waals surface area contributed by atoms with Crippen molar-refractivity contribution in [3.05, 3.63) is 0 Å². The van der Waals surface area contributed by atoms with E-state index in [0.717, 1.165) is 4.90 Å². The zero-order chi connectivity index (χ0) is 20.3. The quantitative estimate of drug-likeness (QED) is 0.594. The van der Waals surface area contributed by atoms with Crippen molar-refractivity contribution in [2.75, 3.05) is 13.2 Å². The Balaban J connectivity index is 3.02. The number of likely N-dealkylation sites (tertiary alicyclic amines) is 1. The number of esters is 2. The highest BCUT2D eigenvalue weighted by Crippen LogP contribution is 2.33. The van der Waals surface area contributed by atoms with Gasteiger partial charge in [-0.15, -0.1) is 0 Å². The van der Waals surface area contributed by atoms with Crippen LogP contribution in [-0.4, -0.2) is 64.0 Å². The third-order valence-corrected chi connectivity index (χ3v) is 3.50. The molecule has 1 heterocycles. The van der Waals surface area contributed by atoms with Crippen LogP contribution in [0.3, 0.4) is 0 Å². The van der Waals surface area contributed by atoms with Gasteiger partial charge in [0.25, 0.3) is 0 Å². The first kappa shape index (κ1) is 22.2. The largest absolute Gasteiger partial charge is 0.466 e. The van der Waals surface area contributed by atoms with Crippen LogP contribution in [0, 0.1) is 0 Å². The average Bonchev–Trinajstić information content (AvgIpc) is 2.73. The van der Waals surface area contributed by atoms with Crippen LogP contribution in [0.5, 0.6) is 0 Å². The molecule has 1 rings (SSSR count). The second-order valence-electron chi connectivity index (χ2n) is 8.57.